The van der Waals surface area contributed by atoms with E-state index < -0.39 is 0 Å². The van der Waals surface area contributed by atoms with Crippen molar-refractivity contribution in [2.75, 3.05) is 8.86 Å². The standard InChI is InChI=1S/C7H14I/c1-3-7(2)4-5-8-6-7/h3-6H2,1-2H3/q-1. The number of halogens is 1. The Morgan fingerprint density at radius 3 is 2.62 bits per heavy atom. The molecular formula is C7H14I-. The van der Waals surface area contributed by atoms with Gasteiger partial charge < -0.3 is 0 Å². The summed E-state index contributed by atoms with van der Waals surface area (Å²) in [6.07, 6.45) is 2.93. The molecule has 1 aliphatic rings. The van der Waals surface area contributed by atoms with E-state index >= 15 is 0 Å². The van der Waals surface area contributed by atoms with Crippen molar-refractivity contribution in [1.29, 1.82) is 0 Å². The molecule has 0 nitrogen and oxygen atoms in total. The molecule has 1 heterocycles. The number of alkyl halides is 2. The summed E-state index contributed by atoms with van der Waals surface area (Å²) in [7, 11) is 0. The van der Waals surface area contributed by atoms with Crippen molar-refractivity contribution in [3.63, 3.8) is 0 Å². The van der Waals surface area contributed by atoms with E-state index in [1.165, 1.54) is 12.8 Å². The minimum absolute atomic E-state index is 0.646. The molecule has 0 saturated carbocycles. The molecule has 50 valence electrons. The first-order valence-corrected chi connectivity index (χ1v) is 6.35. The molecular weight excluding hydrogens is 211 g/mol. The van der Waals surface area contributed by atoms with Gasteiger partial charge >= 0.3 is 62.2 Å². The van der Waals surface area contributed by atoms with Crippen molar-refractivity contribution < 1.29 is 21.2 Å². The molecule has 0 amide bonds. The SMILES string of the molecule is CCC1(C)CC[I-]C1. The second-order valence-electron chi connectivity index (χ2n) is 2.93. The monoisotopic (exact) mass is 225 g/mol. The van der Waals surface area contributed by atoms with Gasteiger partial charge in [-0.2, -0.15) is 0 Å². The number of rotatable bonds is 1. The van der Waals surface area contributed by atoms with Crippen LogP contribution < -0.4 is 21.2 Å². The first-order chi connectivity index (χ1) is 3.77. The molecule has 0 aliphatic carbocycles. The summed E-state index contributed by atoms with van der Waals surface area (Å²) in [4.78, 5) is 0. The zero-order valence-corrected chi connectivity index (χ0v) is 7.86. The van der Waals surface area contributed by atoms with Gasteiger partial charge in [0, 0.05) is 0 Å². The summed E-state index contributed by atoms with van der Waals surface area (Å²) in [5.74, 6) is 0. The third kappa shape index (κ3) is 1.36. The topological polar surface area (TPSA) is 0 Å². The van der Waals surface area contributed by atoms with Crippen molar-refractivity contribution in [2.24, 2.45) is 5.41 Å². The molecule has 1 atom stereocenters. The van der Waals surface area contributed by atoms with Gasteiger partial charge in [0.25, 0.3) is 0 Å². The van der Waals surface area contributed by atoms with Crippen molar-refractivity contribution in [3.8, 4) is 0 Å². The predicted molar refractivity (Wildman–Crippen MR) is 32.7 cm³/mol. The van der Waals surface area contributed by atoms with E-state index in [4.69, 9.17) is 0 Å². The Bertz CT molecular complexity index is 72.5. The average molecular weight is 225 g/mol. The fraction of sp³-hybridized carbons (Fsp3) is 1.00. The molecule has 0 aromatic carbocycles. The Hall–Kier alpha value is 0.730. The van der Waals surface area contributed by atoms with Gasteiger partial charge in [0.1, 0.15) is 0 Å². The minimum atomic E-state index is 0.646. The first kappa shape index (κ1) is 6.84. The van der Waals surface area contributed by atoms with E-state index in [0.29, 0.717) is 21.2 Å². The molecule has 8 heavy (non-hydrogen) atoms. The van der Waals surface area contributed by atoms with Crippen LogP contribution in [0.15, 0.2) is 0 Å². The molecule has 1 heteroatoms. The molecule has 1 aliphatic heterocycles. The molecule has 0 bridgehead atoms. The van der Waals surface area contributed by atoms with Gasteiger partial charge in [-0.05, 0) is 0 Å². The number of hydrogen-bond donors (Lipinski definition) is 0. The van der Waals surface area contributed by atoms with Gasteiger partial charge in [0.15, 0.2) is 0 Å². The Labute approximate surface area is 62.3 Å². The Morgan fingerprint density at radius 2 is 2.38 bits per heavy atom. The van der Waals surface area contributed by atoms with Crippen LogP contribution in [0.4, 0.5) is 0 Å². The van der Waals surface area contributed by atoms with Crippen LogP contribution in [-0.4, -0.2) is 8.86 Å². The van der Waals surface area contributed by atoms with Crippen LogP contribution in [0.2, 0.25) is 0 Å². The summed E-state index contributed by atoms with van der Waals surface area (Å²) in [5.41, 5.74) is 0.785. The van der Waals surface area contributed by atoms with Crippen LogP contribution in [0, 0.1) is 5.41 Å². The van der Waals surface area contributed by atoms with Crippen molar-refractivity contribution in [1.82, 2.24) is 0 Å². The zero-order chi connectivity index (χ0) is 6.04. The van der Waals surface area contributed by atoms with E-state index in [0.717, 1.165) is 5.41 Å². The van der Waals surface area contributed by atoms with E-state index in [1.807, 2.05) is 0 Å². The predicted octanol–water partition coefficient (Wildman–Crippen LogP) is -1.10. The summed E-state index contributed by atoms with van der Waals surface area (Å²) in [5, 5.41) is 0. The van der Waals surface area contributed by atoms with Crippen LogP contribution in [0.5, 0.6) is 0 Å². The van der Waals surface area contributed by atoms with Crippen molar-refractivity contribution >= 4 is 0 Å². The Morgan fingerprint density at radius 1 is 1.62 bits per heavy atom. The van der Waals surface area contributed by atoms with Gasteiger partial charge in [-0.15, -0.1) is 0 Å². The van der Waals surface area contributed by atoms with Crippen LogP contribution in [-0.2, 0) is 0 Å². The third-order valence-electron chi connectivity index (χ3n) is 2.10. The molecule has 1 fully saturated rings. The first-order valence-electron chi connectivity index (χ1n) is 3.30. The fourth-order valence-corrected chi connectivity index (χ4v) is 5.22. The maximum atomic E-state index is 2.44. The summed E-state index contributed by atoms with van der Waals surface area (Å²) >= 11 is 0.646. The van der Waals surface area contributed by atoms with Crippen molar-refractivity contribution in [2.45, 2.75) is 26.7 Å². The van der Waals surface area contributed by atoms with Gasteiger partial charge in [0.2, 0.25) is 0 Å². The maximum absolute atomic E-state index is 2.44. The number of hydrogen-bond acceptors (Lipinski definition) is 0. The molecule has 1 rings (SSSR count). The van der Waals surface area contributed by atoms with Crippen LogP contribution in [0.25, 0.3) is 0 Å². The normalized spacial score (nSPS) is 39.2. The summed E-state index contributed by atoms with van der Waals surface area (Å²) < 4.78 is 3.17. The van der Waals surface area contributed by atoms with E-state index in [9.17, 15) is 0 Å². The van der Waals surface area contributed by atoms with E-state index in [2.05, 4.69) is 13.8 Å². The van der Waals surface area contributed by atoms with Crippen LogP contribution >= 0.6 is 0 Å². The fourth-order valence-electron chi connectivity index (χ4n) is 0.928. The van der Waals surface area contributed by atoms with Gasteiger partial charge in [0.05, 0.1) is 0 Å². The molecule has 1 unspecified atom stereocenters. The molecule has 0 spiro atoms. The van der Waals surface area contributed by atoms with E-state index in [1.54, 1.807) is 8.86 Å². The average Bonchev–Trinajstić information content (AvgIpc) is 2.17. The third-order valence-corrected chi connectivity index (χ3v) is 5.79. The molecule has 0 aromatic heterocycles. The molecule has 0 N–H and O–H groups in total. The quantitative estimate of drug-likeness (QED) is 0.392. The van der Waals surface area contributed by atoms with Gasteiger partial charge in [-0.3, -0.25) is 0 Å². The van der Waals surface area contributed by atoms with Crippen molar-refractivity contribution in [3.05, 3.63) is 0 Å². The molecule has 0 aromatic rings. The van der Waals surface area contributed by atoms with Gasteiger partial charge in [-0.25, -0.2) is 0 Å². The zero-order valence-electron chi connectivity index (χ0n) is 5.71. The molecule has 0 radical (unpaired) electrons. The Balaban J connectivity index is 2.40. The second kappa shape index (κ2) is 2.54. The summed E-state index contributed by atoms with van der Waals surface area (Å²) in [6, 6.07) is 0. The van der Waals surface area contributed by atoms with Crippen LogP contribution in [0.1, 0.15) is 26.7 Å². The molecule has 1 saturated heterocycles. The van der Waals surface area contributed by atoms with Crippen LogP contribution in [0.3, 0.4) is 0 Å². The second-order valence-corrected chi connectivity index (χ2v) is 5.85. The van der Waals surface area contributed by atoms with Gasteiger partial charge in [-0.1, -0.05) is 0 Å². The Kier molecular flexibility index (Phi) is 2.18. The van der Waals surface area contributed by atoms with E-state index in [-0.39, 0.29) is 0 Å². The summed E-state index contributed by atoms with van der Waals surface area (Å²) in [6.45, 7) is 4.77.